The summed E-state index contributed by atoms with van der Waals surface area (Å²) in [6.45, 7) is 0.632. The Labute approximate surface area is 127 Å². The molecule has 3 rings (SSSR count). The van der Waals surface area contributed by atoms with E-state index in [1.807, 2.05) is 6.07 Å². The van der Waals surface area contributed by atoms with Crippen molar-refractivity contribution in [1.29, 1.82) is 0 Å². The van der Waals surface area contributed by atoms with Crippen molar-refractivity contribution >= 4 is 5.91 Å². The second-order valence-corrected chi connectivity index (χ2v) is 5.12. The van der Waals surface area contributed by atoms with Gasteiger partial charge in [-0.05, 0) is 43.2 Å². The fourth-order valence-electron chi connectivity index (χ4n) is 2.63. The molecule has 5 nitrogen and oxygen atoms in total. The molecule has 0 aliphatic carbocycles. The van der Waals surface area contributed by atoms with Crippen LogP contribution in [0, 0.1) is 5.82 Å². The molecule has 22 heavy (non-hydrogen) atoms. The lowest BCUT2D eigenvalue weighted by Crippen LogP contribution is -2.34. The third-order valence-electron chi connectivity index (χ3n) is 3.70. The number of aromatic nitrogens is 2. The summed E-state index contributed by atoms with van der Waals surface area (Å²) in [5.41, 5.74) is 0.850. The molecule has 1 saturated heterocycles. The van der Waals surface area contributed by atoms with Crippen LogP contribution in [0.2, 0.25) is 0 Å². The lowest BCUT2D eigenvalue weighted by molar-refractivity contribution is -0.134. The Morgan fingerprint density at radius 3 is 2.86 bits per heavy atom. The topological polar surface area (TPSA) is 55.3 Å². The molecule has 1 aliphatic heterocycles. The maximum Gasteiger partial charge on any atom is 0.261 e. The van der Waals surface area contributed by atoms with Crippen LogP contribution in [0.15, 0.2) is 42.9 Å². The van der Waals surface area contributed by atoms with E-state index >= 15 is 0 Å². The molecule has 0 spiro atoms. The molecule has 0 radical (unpaired) electrons. The van der Waals surface area contributed by atoms with Crippen LogP contribution in [0.3, 0.4) is 0 Å². The lowest BCUT2D eigenvalue weighted by Gasteiger charge is -2.24. The number of ether oxygens (including phenoxy) is 1. The first-order valence-corrected chi connectivity index (χ1v) is 7.18. The fraction of sp³-hybridized carbons (Fsp3) is 0.312. The Bertz CT molecular complexity index is 634. The highest BCUT2D eigenvalue weighted by Gasteiger charge is 2.30. The zero-order chi connectivity index (χ0) is 15.4. The molecule has 114 valence electrons. The van der Waals surface area contributed by atoms with Crippen molar-refractivity contribution < 1.29 is 13.9 Å². The summed E-state index contributed by atoms with van der Waals surface area (Å²) in [5, 5.41) is 0. The molecule has 1 aliphatic rings. The minimum atomic E-state index is -0.331. The third-order valence-corrected chi connectivity index (χ3v) is 3.70. The molecule has 1 aromatic heterocycles. The van der Waals surface area contributed by atoms with Gasteiger partial charge in [-0.2, -0.15) is 0 Å². The van der Waals surface area contributed by atoms with Gasteiger partial charge in [0.2, 0.25) is 0 Å². The molecule has 1 atom stereocenters. The van der Waals surface area contributed by atoms with Crippen LogP contribution >= 0.6 is 0 Å². The number of benzene rings is 1. The fourth-order valence-corrected chi connectivity index (χ4v) is 2.63. The SMILES string of the molecule is O=C(COc1ccc(F)cc1)N1CCC[C@@H]1c1ccncn1. The predicted octanol–water partition coefficient (Wildman–Crippen LogP) is 2.36. The first-order valence-electron chi connectivity index (χ1n) is 7.18. The second-order valence-electron chi connectivity index (χ2n) is 5.12. The van der Waals surface area contributed by atoms with E-state index in [0.717, 1.165) is 18.5 Å². The van der Waals surface area contributed by atoms with Gasteiger partial charge in [0.25, 0.3) is 5.91 Å². The summed E-state index contributed by atoms with van der Waals surface area (Å²) in [6, 6.07) is 7.44. The van der Waals surface area contributed by atoms with E-state index in [2.05, 4.69) is 9.97 Å². The Morgan fingerprint density at radius 2 is 2.14 bits per heavy atom. The Hall–Kier alpha value is -2.50. The van der Waals surface area contributed by atoms with E-state index in [1.54, 1.807) is 11.1 Å². The minimum absolute atomic E-state index is 0.0210. The minimum Gasteiger partial charge on any atom is -0.484 e. The number of halogens is 1. The average molecular weight is 301 g/mol. The number of carbonyl (C=O) groups excluding carboxylic acids is 1. The molecule has 0 bridgehead atoms. The van der Waals surface area contributed by atoms with Gasteiger partial charge in [-0.3, -0.25) is 4.79 Å². The van der Waals surface area contributed by atoms with Gasteiger partial charge in [-0.1, -0.05) is 0 Å². The summed E-state index contributed by atoms with van der Waals surface area (Å²) < 4.78 is 18.3. The van der Waals surface area contributed by atoms with Crippen LogP contribution < -0.4 is 4.74 Å². The molecular weight excluding hydrogens is 285 g/mol. The molecule has 0 saturated carbocycles. The molecule has 1 aromatic carbocycles. The predicted molar refractivity (Wildman–Crippen MR) is 77.6 cm³/mol. The zero-order valence-corrected chi connectivity index (χ0v) is 12.0. The number of nitrogens with zero attached hydrogens (tertiary/aromatic N) is 3. The van der Waals surface area contributed by atoms with Crippen LogP contribution in [0.1, 0.15) is 24.6 Å². The number of amides is 1. The molecule has 0 unspecified atom stereocenters. The van der Waals surface area contributed by atoms with Crippen LogP contribution in [-0.2, 0) is 4.79 Å². The summed E-state index contributed by atoms with van der Waals surface area (Å²) in [7, 11) is 0. The van der Waals surface area contributed by atoms with Crippen molar-refractivity contribution in [3.63, 3.8) is 0 Å². The number of rotatable bonds is 4. The van der Waals surface area contributed by atoms with Crippen molar-refractivity contribution in [2.75, 3.05) is 13.2 Å². The standard InChI is InChI=1S/C16H16FN3O2/c17-12-3-5-13(6-4-12)22-10-16(21)20-9-1-2-15(20)14-7-8-18-11-19-14/h3-8,11,15H,1-2,9-10H2/t15-/m1/s1. The van der Waals surface area contributed by atoms with Gasteiger partial charge in [0, 0.05) is 12.7 Å². The van der Waals surface area contributed by atoms with Crippen LogP contribution in [-0.4, -0.2) is 33.9 Å². The molecular formula is C16H16FN3O2. The lowest BCUT2D eigenvalue weighted by atomic mass is 10.1. The first kappa shape index (κ1) is 14.4. The number of hydrogen-bond acceptors (Lipinski definition) is 4. The maximum absolute atomic E-state index is 12.8. The number of likely N-dealkylation sites (tertiary alicyclic amines) is 1. The summed E-state index contributed by atoms with van der Waals surface area (Å²) >= 11 is 0. The highest BCUT2D eigenvalue weighted by Crippen LogP contribution is 2.30. The molecule has 1 amide bonds. The molecule has 2 heterocycles. The van der Waals surface area contributed by atoms with Gasteiger partial charge in [0.15, 0.2) is 6.61 Å². The van der Waals surface area contributed by atoms with E-state index in [-0.39, 0.29) is 24.4 Å². The summed E-state index contributed by atoms with van der Waals surface area (Å²) in [5.74, 6) is 0.0556. The van der Waals surface area contributed by atoms with E-state index in [0.29, 0.717) is 12.3 Å². The summed E-state index contributed by atoms with van der Waals surface area (Å²) in [6.07, 6.45) is 5.00. The van der Waals surface area contributed by atoms with Gasteiger partial charge < -0.3 is 9.64 Å². The quantitative estimate of drug-likeness (QED) is 0.870. The van der Waals surface area contributed by atoms with Crippen molar-refractivity contribution in [2.45, 2.75) is 18.9 Å². The monoisotopic (exact) mass is 301 g/mol. The Kier molecular flexibility index (Phi) is 4.27. The Balaban J connectivity index is 1.62. The normalized spacial score (nSPS) is 17.5. The van der Waals surface area contributed by atoms with E-state index in [1.165, 1.54) is 30.6 Å². The van der Waals surface area contributed by atoms with Gasteiger partial charge in [0.05, 0.1) is 11.7 Å². The van der Waals surface area contributed by atoms with Crippen LogP contribution in [0.25, 0.3) is 0 Å². The number of carbonyl (C=O) groups is 1. The van der Waals surface area contributed by atoms with E-state index in [9.17, 15) is 9.18 Å². The largest absolute Gasteiger partial charge is 0.484 e. The van der Waals surface area contributed by atoms with Crippen molar-refractivity contribution in [2.24, 2.45) is 0 Å². The van der Waals surface area contributed by atoms with Crippen LogP contribution in [0.4, 0.5) is 4.39 Å². The van der Waals surface area contributed by atoms with Crippen molar-refractivity contribution in [1.82, 2.24) is 14.9 Å². The molecule has 0 N–H and O–H groups in total. The number of hydrogen-bond donors (Lipinski definition) is 0. The van der Waals surface area contributed by atoms with E-state index in [4.69, 9.17) is 4.74 Å². The maximum atomic E-state index is 12.8. The summed E-state index contributed by atoms with van der Waals surface area (Å²) in [4.78, 5) is 22.3. The van der Waals surface area contributed by atoms with Crippen LogP contribution in [0.5, 0.6) is 5.75 Å². The highest BCUT2D eigenvalue weighted by molar-refractivity contribution is 5.78. The highest BCUT2D eigenvalue weighted by atomic mass is 19.1. The van der Waals surface area contributed by atoms with Gasteiger partial charge in [-0.25, -0.2) is 14.4 Å². The van der Waals surface area contributed by atoms with Gasteiger partial charge in [0.1, 0.15) is 17.9 Å². The van der Waals surface area contributed by atoms with Crippen molar-refractivity contribution in [3.05, 3.63) is 54.4 Å². The first-order chi connectivity index (χ1) is 10.7. The second kappa shape index (κ2) is 6.51. The zero-order valence-electron chi connectivity index (χ0n) is 12.0. The third kappa shape index (κ3) is 3.21. The van der Waals surface area contributed by atoms with Gasteiger partial charge in [-0.15, -0.1) is 0 Å². The Morgan fingerprint density at radius 1 is 1.32 bits per heavy atom. The molecule has 2 aromatic rings. The average Bonchev–Trinajstić information content (AvgIpc) is 3.04. The molecule has 1 fully saturated rings. The smallest absolute Gasteiger partial charge is 0.261 e. The van der Waals surface area contributed by atoms with Crippen molar-refractivity contribution in [3.8, 4) is 5.75 Å². The van der Waals surface area contributed by atoms with Gasteiger partial charge >= 0.3 is 0 Å². The van der Waals surface area contributed by atoms with E-state index < -0.39 is 0 Å². The molecule has 6 heteroatoms.